The maximum atomic E-state index is 13.8. The monoisotopic (exact) mass is 353 g/mol. The van der Waals surface area contributed by atoms with Crippen LogP contribution in [0.25, 0.3) is 0 Å². The highest BCUT2D eigenvalue weighted by molar-refractivity contribution is 5.85. The standard InChI is InChI=1S/C18H24FNO5/c1-11-5-3-4-6-14(11)25-10-16(21)20-17(18(22)23)12-7-8-15(24-2)13(19)9-12/h7-9,11,14,17H,3-6,10H2,1-2H3,(H,20,21)(H,22,23). The van der Waals surface area contributed by atoms with E-state index in [9.17, 15) is 19.1 Å². The van der Waals surface area contributed by atoms with E-state index < -0.39 is 23.7 Å². The second-order valence-electron chi connectivity index (χ2n) is 6.34. The summed E-state index contributed by atoms with van der Waals surface area (Å²) < 4.78 is 24.2. The average Bonchev–Trinajstić information content (AvgIpc) is 2.58. The molecule has 1 saturated carbocycles. The molecule has 2 rings (SSSR count). The van der Waals surface area contributed by atoms with Crippen molar-refractivity contribution in [1.29, 1.82) is 0 Å². The van der Waals surface area contributed by atoms with E-state index in [2.05, 4.69) is 12.2 Å². The summed E-state index contributed by atoms with van der Waals surface area (Å²) in [5.74, 6) is -2.11. The van der Waals surface area contributed by atoms with Gasteiger partial charge in [0.05, 0.1) is 13.2 Å². The van der Waals surface area contributed by atoms with Gasteiger partial charge in [-0.2, -0.15) is 0 Å². The van der Waals surface area contributed by atoms with E-state index in [1.807, 2.05) is 0 Å². The molecule has 3 unspecified atom stereocenters. The molecule has 25 heavy (non-hydrogen) atoms. The number of benzene rings is 1. The summed E-state index contributed by atoms with van der Waals surface area (Å²) in [5, 5.41) is 11.7. The summed E-state index contributed by atoms with van der Waals surface area (Å²) in [6, 6.07) is 2.43. The van der Waals surface area contributed by atoms with Gasteiger partial charge in [-0.1, -0.05) is 25.8 Å². The summed E-state index contributed by atoms with van der Waals surface area (Å²) in [7, 11) is 1.32. The zero-order valence-corrected chi connectivity index (χ0v) is 14.5. The van der Waals surface area contributed by atoms with Crippen molar-refractivity contribution in [2.75, 3.05) is 13.7 Å². The number of carbonyl (C=O) groups excluding carboxylic acids is 1. The van der Waals surface area contributed by atoms with Crippen LogP contribution in [-0.4, -0.2) is 36.8 Å². The van der Waals surface area contributed by atoms with Gasteiger partial charge in [-0.3, -0.25) is 4.79 Å². The fraction of sp³-hybridized carbons (Fsp3) is 0.556. The van der Waals surface area contributed by atoms with Crippen molar-refractivity contribution in [3.63, 3.8) is 0 Å². The number of carboxylic acids is 1. The topological polar surface area (TPSA) is 84.9 Å². The average molecular weight is 353 g/mol. The van der Waals surface area contributed by atoms with Gasteiger partial charge in [0.1, 0.15) is 6.61 Å². The lowest BCUT2D eigenvalue weighted by molar-refractivity contribution is -0.143. The van der Waals surface area contributed by atoms with Gasteiger partial charge in [0.15, 0.2) is 17.6 Å². The van der Waals surface area contributed by atoms with Gasteiger partial charge in [-0.15, -0.1) is 0 Å². The molecule has 0 aromatic heterocycles. The fourth-order valence-electron chi connectivity index (χ4n) is 3.07. The summed E-state index contributed by atoms with van der Waals surface area (Å²) in [6.45, 7) is 1.87. The minimum absolute atomic E-state index is 0.00818. The third-order valence-electron chi connectivity index (χ3n) is 4.52. The lowest BCUT2D eigenvalue weighted by atomic mass is 9.88. The van der Waals surface area contributed by atoms with Gasteiger partial charge in [0.25, 0.3) is 0 Å². The second kappa shape index (κ2) is 8.80. The molecule has 1 aliphatic rings. The number of nitrogens with one attached hydrogen (secondary N) is 1. The van der Waals surface area contributed by atoms with Crippen molar-refractivity contribution in [3.05, 3.63) is 29.6 Å². The van der Waals surface area contributed by atoms with Crippen LogP contribution in [0.5, 0.6) is 5.75 Å². The molecule has 1 amide bonds. The number of amides is 1. The van der Waals surface area contributed by atoms with Gasteiger partial charge in [-0.25, -0.2) is 9.18 Å². The Morgan fingerprint density at radius 1 is 1.36 bits per heavy atom. The molecule has 0 aliphatic heterocycles. The normalized spacial score (nSPS) is 21.4. The maximum Gasteiger partial charge on any atom is 0.330 e. The van der Waals surface area contributed by atoms with Gasteiger partial charge >= 0.3 is 5.97 Å². The molecule has 7 heteroatoms. The van der Waals surface area contributed by atoms with Crippen molar-refractivity contribution < 1.29 is 28.6 Å². The maximum absolute atomic E-state index is 13.8. The van der Waals surface area contributed by atoms with E-state index in [0.29, 0.717) is 5.92 Å². The highest BCUT2D eigenvalue weighted by atomic mass is 19.1. The predicted octanol–water partition coefficient (Wildman–Crippen LogP) is 2.67. The van der Waals surface area contributed by atoms with Crippen LogP contribution in [-0.2, 0) is 14.3 Å². The van der Waals surface area contributed by atoms with Crippen LogP contribution in [0.4, 0.5) is 4.39 Å². The third kappa shape index (κ3) is 5.16. The SMILES string of the molecule is COc1ccc(C(NC(=O)COC2CCCCC2C)C(=O)O)cc1F. The van der Waals surface area contributed by atoms with Gasteiger partial charge < -0.3 is 19.9 Å². The van der Waals surface area contributed by atoms with Crippen LogP contribution < -0.4 is 10.1 Å². The highest BCUT2D eigenvalue weighted by Gasteiger charge is 2.26. The van der Waals surface area contributed by atoms with Gasteiger partial charge in [0.2, 0.25) is 5.91 Å². The molecule has 1 fully saturated rings. The van der Waals surface area contributed by atoms with E-state index >= 15 is 0 Å². The summed E-state index contributed by atoms with van der Waals surface area (Å²) in [6.07, 6.45) is 4.22. The Balaban J connectivity index is 1.97. The Hall–Kier alpha value is -2.15. The van der Waals surface area contributed by atoms with E-state index in [-0.39, 0.29) is 24.0 Å². The van der Waals surface area contributed by atoms with Crippen LogP contribution in [0.15, 0.2) is 18.2 Å². The van der Waals surface area contributed by atoms with Crippen LogP contribution in [0.2, 0.25) is 0 Å². The minimum atomic E-state index is -1.35. The first-order valence-electron chi connectivity index (χ1n) is 8.39. The summed E-state index contributed by atoms with van der Waals surface area (Å²) >= 11 is 0. The molecule has 1 aliphatic carbocycles. The number of aliphatic carboxylic acids is 1. The molecule has 1 aromatic rings. The smallest absolute Gasteiger partial charge is 0.330 e. The lowest BCUT2D eigenvalue weighted by Gasteiger charge is -2.28. The Morgan fingerprint density at radius 2 is 2.08 bits per heavy atom. The Labute approximate surface area is 146 Å². The zero-order valence-electron chi connectivity index (χ0n) is 14.5. The number of carboxylic acid groups (broad SMARTS) is 1. The number of hydrogen-bond acceptors (Lipinski definition) is 4. The van der Waals surface area contributed by atoms with Crippen LogP contribution in [0.3, 0.4) is 0 Å². The first kappa shape index (κ1) is 19.2. The predicted molar refractivity (Wildman–Crippen MR) is 88.8 cm³/mol. The molecule has 0 heterocycles. The van der Waals surface area contributed by atoms with E-state index in [1.165, 1.54) is 19.2 Å². The molecule has 0 radical (unpaired) electrons. The van der Waals surface area contributed by atoms with Gasteiger partial charge in [0, 0.05) is 0 Å². The van der Waals surface area contributed by atoms with Crippen molar-refractivity contribution in [3.8, 4) is 5.75 Å². The number of halogens is 1. The molecule has 2 N–H and O–H groups in total. The summed E-state index contributed by atoms with van der Waals surface area (Å²) in [4.78, 5) is 23.5. The molecule has 0 saturated heterocycles. The molecule has 0 bridgehead atoms. The largest absolute Gasteiger partial charge is 0.494 e. The molecular formula is C18H24FNO5. The van der Waals surface area contributed by atoms with E-state index in [4.69, 9.17) is 9.47 Å². The van der Waals surface area contributed by atoms with E-state index in [1.54, 1.807) is 0 Å². The number of rotatable bonds is 7. The van der Waals surface area contributed by atoms with E-state index in [0.717, 1.165) is 31.7 Å². The zero-order chi connectivity index (χ0) is 18.4. The minimum Gasteiger partial charge on any atom is -0.494 e. The Bertz CT molecular complexity index is 621. The second-order valence-corrected chi connectivity index (χ2v) is 6.34. The number of methoxy groups -OCH3 is 1. The molecule has 3 atom stereocenters. The first-order valence-corrected chi connectivity index (χ1v) is 8.39. The molecule has 1 aromatic carbocycles. The Morgan fingerprint density at radius 3 is 2.68 bits per heavy atom. The number of carbonyl (C=O) groups is 2. The molecular weight excluding hydrogens is 329 g/mol. The quantitative estimate of drug-likeness (QED) is 0.787. The van der Waals surface area contributed by atoms with Crippen molar-refractivity contribution >= 4 is 11.9 Å². The highest BCUT2D eigenvalue weighted by Crippen LogP contribution is 2.26. The third-order valence-corrected chi connectivity index (χ3v) is 4.52. The van der Waals surface area contributed by atoms with Crippen LogP contribution >= 0.6 is 0 Å². The van der Waals surface area contributed by atoms with Crippen molar-refractivity contribution in [2.45, 2.75) is 44.8 Å². The Kier molecular flexibility index (Phi) is 6.75. The lowest BCUT2D eigenvalue weighted by Crippen LogP contribution is -2.38. The van der Waals surface area contributed by atoms with Crippen LogP contribution in [0.1, 0.15) is 44.2 Å². The first-order chi connectivity index (χ1) is 11.9. The van der Waals surface area contributed by atoms with Gasteiger partial charge in [-0.05, 0) is 36.5 Å². The van der Waals surface area contributed by atoms with Crippen LogP contribution in [0, 0.1) is 11.7 Å². The molecule has 138 valence electrons. The van der Waals surface area contributed by atoms with Crippen molar-refractivity contribution in [2.24, 2.45) is 5.92 Å². The number of hydrogen-bond donors (Lipinski definition) is 2. The fourth-order valence-corrected chi connectivity index (χ4v) is 3.07. The molecule has 0 spiro atoms. The van der Waals surface area contributed by atoms with Crippen molar-refractivity contribution in [1.82, 2.24) is 5.32 Å². The number of ether oxygens (including phenoxy) is 2. The molecule has 6 nitrogen and oxygen atoms in total. The summed E-state index contributed by atoms with van der Waals surface area (Å²) in [5.41, 5.74) is 0.130.